The molecule has 2 aromatic heterocycles. The number of nitrogen functional groups attached to an aromatic ring is 1. The lowest BCUT2D eigenvalue weighted by molar-refractivity contribution is 0.120. The van der Waals surface area contributed by atoms with Gasteiger partial charge in [-0.1, -0.05) is 0 Å². The number of hydrogen-bond donors (Lipinski definition) is 2. The van der Waals surface area contributed by atoms with Crippen LogP contribution in [0.15, 0.2) is 30.7 Å². The van der Waals surface area contributed by atoms with Gasteiger partial charge in [0, 0.05) is 42.9 Å². The molecule has 1 atom stereocenters. The summed E-state index contributed by atoms with van der Waals surface area (Å²) in [7, 11) is 0. The smallest absolute Gasteiger partial charge is 0.222 e. The summed E-state index contributed by atoms with van der Waals surface area (Å²) >= 11 is 0. The second-order valence-corrected chi connectivity index (χ2v) is 4.78. The molecule has 2 aromatic rings. The van der Waals surface area contributed by atoms with Crippen LogP contribution >= 0.6 is 0 Å². The molecule has 3 heterocycles. The van der Waals surface area contributed by atoms with Gasteiger partial charge in [-0.15, -0.1) is 0 Å². The Hall–Kier alpha value is -2.21. The van der Waals surface area contributed by atoms with Gasteiger partial charge in [0.25, 0.3) is 0 Å². The van der Waals surface area contributed by atoms with Gasteiger partial charge < -0.3 is 15.8 Å². The van der Waals surface area contributed by atoms with E-state index < -0.39 is 0 Å². The Balaban J connectivity index is 1.63. The van der Waals surface area contributed by atoms with Crippen LogP contribution in [0.5, 0.6) is 0 Å². The third-order valence-electron chi connectivity index (χ3n) is 3.28. The van der Waals surface area contributed by atoms with Gasteiger partial charge in [-0.2, -0.15) is 0 Å². The molecule has 1 unspecified atom stereocenters. The fourth-order valence-corrected chi connectivity index (χ4v) is 2.15. The highest BCUT2D eigenvalue weighted by molar-refractivity contribution is 5.62. The van der Waals surface area contributed by atoms with Crippen LogP contribution in [0, 0.1) is 0 Å². The van der Waals surface area contributed by atoms with Crippen molar-refractivity contribution in [2.75, 3.05) is 24.2 Å². The first-order chi connectivity index (χ1) is 9.81. The highest BCUT2D eigenvalue weighted by Crippen LogP contribution is 2.18. The van der Waals surface area contributed by atoms with Crippen LogP contribution in [0.2, 0.25) is 0 Å². The van der Waals surface area contributed by atoms with Gasteiger partial charge in [0.1, 0.15) is 5.82 Å². The van der Waals surface area contributed by atoms with E-state index in [1.807, 2.05) is 6.07 Å². The van der Waals surface area contributed by atoms with Crippen molar-refractivity contribution in [3.8, 4) is 11.1 Å². The predicted octanol–water partition coefficient (Wildman–Crippen LogP) is 1.71. The summed E-state index contributed by atoms with van der Waals surface area (Å²) in [6.45, 7) is 1.61. The van der Waals surface area contributed by atoms with Crippen LogP contribution in [0.1, 0.15) is 12.8 Å². The number of nitrogens with one attached hydrogen (secondary N) is 1. The molecule has 3 rings (SSSR count). The third-order valence-corrected chi connectivity index (χ3v) is 3.28. The molecule has 0 aliphatic carbocycles. The van der Waals surface area contributed by atoms with Crippen molar-refractivity contribution in [2.24, 2.45) is 0 Å². The Morgan fingerprint density at radius 2 is 1.95 bits per heavy atom. The van der Waals surface area contributed by atoms with Crippen LogP contribution in [0.25, 0.3) is 11.1 Å². The predicted molar refractivity (Wildman–Crippen MR) is 77.1 cm³/mol. The number of nitrogens with zero attached hydrogens (tertiary/aromatic N) is 3. The van der Waals surface area contributed by atoms with Crippen molar-refractivity contribution >= 4 is 11.8 Å². The maximum Gasteiger partial charge on any atom is 0.222 e. The quantitative estimate of drug-likeness (QED) is 0.880. The Bertz CT molecular complexity index is 549. The second-order valence-electron chi connectivity index (χ2n) is 4.78. The highest BCUT2D eigenvalue weighted by atomic mass is 16.5. The van der Waals surface area contributed by atoms with Crippen molar-refractivity contribution in [3.05, 3.63) is 30.7 Å². The molecular weight excluding hydrogens is 254 g/mol. The van der Waals surface area contributed by atoms with Crippen molar-refractivity contribution in [1.82, 2.24) is 15.0 Å². The summed E-state index contributed by atoms with van der Waals surface area (Å²) in [4.78, 5) is 12.7. The summed E-state index contributed by atoms with van der Waals surface area (Å²) in [5, 5.41) is 3.19. The fraction of sp³-hybridized carbons (Fsp3) is 0.357. The van der Waals surface area contributed by atoms with Crippen LogP contribution in [-0.2, 0) is 4.74 Å². The summed E-state index contributed by atoms with van der Waals surface area (Å²) in [6.07, 6.45) is 7.78. The largest absolute Gasteiger partial charge is 0.384 e. The lowest BCUT2D eigenvalue weighted by atomic mass is 10.1. The van der Waals surface area contributed by atoms with Gasteiger partial charge in [-0.05, 0) is 25.0 Å². The summed E-state index contributed by atoms with van der Waals surface area (Å²) in [5.41, 5.74) is 7.43. The van der Waals surface area contributed by atoms with E-state index in [0.29, 0.717) is 11.8 Å². The van der Waals surface area contributed by atoms with E-state index in [1.54, 1.807) is 24.7 Å². The molecular formula is C14H17N5O. The van der Waals surface area contributed by atoms with E-state index in [0.717, 1.165) is 37.1 Å². The lowest BCUT2D eigenvalue weighted by Crippen LogP contribution is -2.19. The molecule has 1 aliphatic rings. The number of pyridine rings is 1. The molecule has 1 fully saturated rings. The van der Waals surface area contributed by atoms with Gasteiger partial charge in [0.2, 0.25) is 5.95 Å². The molecule has 0 aromatic carbocycles. The number of anilines is 2. The Kier molecular flexibility index (Phi) is 3.73. The first-order valence-electron chi connectivity index (χ1n) is 6.71. The zero-order chi connectivity index (χ0) is 13.8. The molecule has 0 bridgehead atoms. The maximum atomic E-state index is 5.56. The number of rotatable bonds is 4. The molecule has 1 aliphatic heterocycles. The standard InChI is InChI=1S/C14H17N5O/c15-13-4-3-10(6-16-13)11-7-17-14(18-8-11)19-9-12-2-1-5-20-12/h3-4,6-8,12H,1-2,5,9H2,(H2,15,16)(H,17,18,19). The summed E-state index contributed by atoms with van der Waals surface area (Å²) < 4.78 is 5.54. The van der Waals surface area contributed by atoms with Crippen LogP contribution in [-0.4, -0.2) is 34.2 Å². The topological polar surface area (TPSA) is 86.0 Å². The van der Waals surface area contributed by atoms with Gasteiger partial charge in [-0.25, -0.2) is 15.0 Å². The molecule has 0 radical (unpaired) electrons. The third kappa shape index (κ3) is 3.03. The van der Waals surface area contributed by atoms with Gasteiger partial charge in [-0.3, -0.25) is 0 Å². The van der Waals surface area contributed by atoms with E-state index in [4.69, 9.17) is 10.5 Å². The first kappa shape index (κ1) is 12.8. The normalized spacial score (nSPS) is 18.1. The van der Waals surface area contributed by atoms with Crippen LogP contribution in [0.3, 0.4) is 0 Å². The Morgan fingerprint density at radius 3 is 2.60 bits per heavy atom. The zero-order valence-electron chi connectivity index (χ0n) is 11.1. The molecule has 0 saturated carbocycles. The second kappa shape index (κ2) is 5.83. The maximum absolute atomic E-state index is 5.56. The van der Waals surface area contributed by atoms with E-state index in [-0.39, 0.29) is 6.10 Å². The highest BCUT2D eigenvalue weighted by Gasteiger charge is 2.15. The Labute approximate surface area is 117 Å². The van der Waals surface area contributed by atoms with Gasteiger partial charge >= 0.3 is 0 Å². The fourth-order valence-electron chi connectivity index (χ4n) is 2.15. The molecule has 0 spiro atoms. The van der Waals surface area contributed by atoms with Crippen LogP contribution < -0.4 is 11.1 Å². The van der Waals surface area contributed by atoms with Crippen molar-refractivity contribution < 1.29 is 4.74 Å². The number of ether oxygens (including phenoxy) is 1. The number of aromatic nitrogens is 3. The Morgan fingerprint density at radius 1 is 1.15 bits per heavy atom. The first-order valence-corrected chi connectivity index (χ1v) is 6.71. The van der Waals surface area contributed by atoms with Crippen LogP contribution in [0.4, 0.5) is 11.8 Å². The molecule has 6 heteroatoms. The molecule has 6 nitrogen and oxygen atoms in total. The van der Waals surface area contributed by atoms with Crippen molar-refractivity contribution in [1.29, 1.82) is 0 Å². The minimum atomic E-state index is 0.277. The minimum Gasteiger partial charge on any atom is -0.384 e. The van der Waals surface area contributed by atoms with Gasteiger partial charge in [0.15, 0.2) is 0 Å². The SMILES string of the molecule is Nc1ccc(-c2cnc(NCC3CCCO3)nc2)cn1. The van der Waals surface area contributed by atoms with E-state index >= 15 is 0 Å². The summed E-state index contributed by atoms with van der Waals surface area (Å²) in [6, 6.07) is 3.67. The van der Waals surface area contributed by atoms with E-state index in [1.165, 1.54) is 0 Å². The summed E-state index contributed by atoms with van der Waals surface area (Å²) in [5.74, 6) is 1.12. The molecule has 20 heavy (non-hydrogen) atoms. The monoisotopic (exact) mass is 271 g/mol. The van der Waals surface area contributed by atoms with E-state index in [2.05, 4.69) is 20.3 Å². The zero-order valence-corrected chi connectivity index (χ0v) is 11.1. The average molecular weight is 271 g/mol. The minimum absolute atomic E-state index is 0.277. The molecule has 1 saturated heterocycles. The average Bonchev–Trinajstić information content (AvgIpc) is 3.00. The van der Waals surface area contributed by atoms with Crippen molar-refractivity contribution in [2.45, 2.75) is 18.9 Å². The lowest BCUT2D eigenvalue weighted by Gasteiger charge is -2.10. The molecule has 0 amide bonds. The number of nitrogens with two attached hydrogens (primary N) is 1. The van der Waals surface area contributed by atoms with Gasteiger partial charge in [0.05, 0.1) is 6.10 Å². The number of hydrogen-bond acceptors (Lipinski definition) is 6. The molecule has 3 N–H and O–H groups in total. The van der Waals surface area contributed by atoms with E-state index in [9.17, 15) is 0 Å². The van der Waals surface area contributed by atoms with Crippen molar-refractivity contribution in [3.63, 3.8) is 0 Å². The molecule has 104 valence electrons.